The van der Waals surface area contributed by atoms with Gasteiger partial charge >= 0.3 is 0 Å². The number of para-hydroxylation sites is 2. The van der Waals surface area contributed by atoms with Crippen LogP contribution in [0.15, 0.2) is 390 Å². The number of pyridine rings is 6. The van der Waals surface area contributed by atoms with Crippen LogP contribution in [0.4, 0.5) is 8.78 Å². The van der Waals surface area contributed by atoms with Gasteiger partial charge in [0.2, 0.25) is 0 Å². The van der Waals surface area contributed by atoms with Crippen molar-refractivity contribution in [3.8, 4) is 78.7 Å². The second kappa shape index (κ2) is 47.8. The molecule has 0 spiro atoms. The summed E-state index contributed by atoms with van der Waals surface area (Å²) in [5, 5.41) is 9.92. The summed E-state index contributed by atoms with van der Waals surface area (Å²) in [6.07, 6.45) is 7.86. The van der Waals surface area contributed by atoms with E-state index in [4.69, 9.17) is 22.8 Å². The molecule has 17 heteroatoms. The molecule has 0 fully saturated rings. The molecule has 0 bridgehead atoms. The molecular formula is C131H120F2Ir3N6O3Si3-6. The SMILES string of the molecule is CC(C)(c1ccccc1)c1c[c-]c(-c2ccccn2)c2oc3ccccc3c12.CC(C)(c1ccccc1)c1cccc2c1oc1c(-c3ccccn3)[c-]ccc12.C[Si](C)(C)c1ccc(-c2[c-]cc(F)cc2)nc1.[2H]C([2H])([2H])c1c[c-]c(-c2cc(-c3ccccc3)c([Si](C)(C)C)cn2)cc1.[2H]C([2H])(c1cc(-c2[c-]ccc(C)c2F)ncc1[Si](C)(C)C)C(C)(C)C.[2H]C([2H])(c1ccccc1)c1ccc2oc3c(-c4ccccn4)[c-]ccc3c2c1.[Ir].[Ir].[Ir]. The standard InChI is InChI=1S/2C26H20NO.C24H16NO.C21H22NSi.C20H27FNSi.C14H15FNSi.3Ir/c1-26(2,18-10-4-3-5-11-18)22-15-9-13-20-19-12-8-14-21(24(19)28-25(20)22)23-16-6-7-17-27-23;1-26(2,18-10-4-3-5-11-18)21-16-15-19(22-13-8-9-17-27-22)25-24(21)20-12-6-7-14-23(20)28-25;1-2-7-17(8-3-1)15-18-12-13-23-21(16-18)19-9-6-10-20(24(19)26-23)22-11-4-5-14-25-22;1-16-10-12-18(13-11-16)20-14-19(17-8-6-5-7-9-17)21(15-22-20)23(2,3)4;1-14-9-8-10-16(19(14)21)17-11-15(12-20(2,3)4)18(13-22-17)23(5,6)7;1-17(2,3)13-8-9-14(16-10-13)11-4-6-12(15)7-5-11;;;/h3-13,15-17H,1-2H3;3-14,16-17H,1-2H3;1-9,11-14,16H,15H2;5-12,14-15H,1-4H3;8-9,11,13H,12H2,1-7H3;4,6-10H,1-3H3;;;/q6*-1;;;/i;;15D2;1D3;12D2;;;;. The Hall–Kier alpha value is -13.4. The molecule has 22 rings (SSSR count). The monoisotopic (exact) mass is 2530 g/mol. The largest absolute Gasteiger partial charge is 0.501 e. The van der Waals surface area contributed by atoms with Crippen molar-refractivity contribution >= 4 is 106 Å². The molecular weight excluding hydrogens is 2400 g/mol. The zero-order valence-corrected chi connectivity index (χ0v) is 96.1. The summed E-state index contributed by atoms with van der Waals surface area (Å²) in [7, 11) is -4.69. The zero-order valence-electron chi connectivity index (χ0n) is 93.0. The van der Waals surface area contributed by atoms with E-state index in [0.717, 1.165) is 122 Å². The summed E-state index contributed by atoms with van der Waals surface area (Å²) in [6, 6.07) is 128. The van der Waals surface area contributed by atoms with Crippen LogP contribution in [0.2, 0.25) is 58.9 Å². The molecule has 0 N–H and O–H groups in total. The fourth-order valence-corrected chi connectivity index (χ4v) is 21.7. The van der Waals surface area contributed by atoms with Gasteiger partial charge in [0.25, 0.3) is 0 Å². The normalized spacial score (nSPS) is 12.5. The third-order valence-electron chi connectivity index (χ3n) is 25.7. The summed E-state index contributed by atoms with van der Waals surface area (Å²) in [5.41, 5.74) is 23.1. The van der Waals surface area contributed by atoms with Gasteiger partial charge in [0.1, 0.15) is 16.7 Å². The maximum absolute atomic E-state index is 14.5. The predicted molar refractivity (Wildman–Crippen MR) is 606 cm³/mol. The quantitative estimate of drug-likeness (QED) is 0.0649. The van der Waals surface area contributed by atoms with E-state index in [2.05, 4.69) is 280 Å². The minimum absolute atomic E-state index is 0. The van der Waals surface area contributed by atoms with Crippen LogP contribution in [-0.4, -0.2) is 54.1 Å². The van der Waals surface area contributed by atoms with Crippen LogP contribution in [0, 0.1) is 67.2 Å². The van der Waals surface area contributed by atoms with Crippen molar-refractivity contribution in [3.63, 3.8) is 0 Å². The van der Waals surface area contributed by atoms with Gasteiger partial charge in [-0.25, -0.2) is 0 Å². The number of aromatic nitrogens is 6. The van der Waals surface area contributed by atoms with Crippen LogP contribution in [0.1, 0.15) is 108 Å². The Balaban J connectivity index is 0.000000146. The van der Waals surface area contributed by atoms with E-state index in [9.17, 15) is 8.78 Å². The molecule has 0 aliphatic heterocycles. The molecule has 0 aliphatic carbocycles. The summed E-state index contributed by atoms with van der Waals surface area (Å²) in [5.74, 6) is -0.620. The van der Waals surface area contributed by atoms with Crippen molar-refractivity contribution in [2.45, 2.75) is 145 Å². The van der Waals surface area contributed by atoms with Gasteiger partial charge in [0.15, 0.2) is 0 Å². The molecule has 9 nitrogen and oxygen atoms in total. The van der Waals surface area contributed by atoms with Crippen LogP contribution in [0.3, 0.4) is 0 Å². The van der Waals surface area contributed by atoms with Crippen molar-refractivity contribution in [2.75, 3.05) is 0 Å². The average molecular weight is 2530 g/mol. The number of rotatable bonds is 17. The molecule has 13 aromatic carbocycles. The summed E-state index contributed by atoms with van der Waals surface area (Å²) in [4.78, 5) is 27.0. The van der Waals surface area contributed by atoms with E-state index >= 15 is 0 Å². The molecule has 9 heterocycles. The van der Waals surface area contributed by atoms with Gasteiger partial charge in [-0.15, -0.1) is 138 Å². The van der Waals surface area contributed by atoms with Gasteiger partial charge in [-0.05, 0) is 143 Å². The van der Waals surface area contributed by atoms with E-state index in [1.807, 2.05) is 185 Å². The molecule has 3 radical (unpaired) electrons. The first kappa shape index (κ1) is 101. The average Bonchev–Trinajstić information content (AvgIpc) is 1.59. The van der Waals surface area contributed by atoms with E-state index in [0.29, 0.717) is 44.7 Å². The molecule has 0 saturated heterocycles. The Labute approximate surface area is 923 Å². The number of benzene rings is 13. The Bertz CT molecular complexity index is 8570. The van der Waals surface area contributed by atoms with Gasteiger partial charge in [0, 0.05) is 146 Å². The number of hydrogen-bond donors (Lipinski definition) is 0. The van der Waals surface area contributed by atoms with Gasteiger partial charge < -0.3 is 43.2 Å². The molecule has 148 heavy (non-hydrogen) atoms. The predicted octanol–water partition coefficient (Wildman–Crippen LogP) is 33.0. The molecule has 0 atom stereocenters. The third-order valence-corrected chi connectivity index (χ3v) is 31.7. The summed E-state index contributed by atoms with van der Waals surface area (Å²) in [6.45, 7) is 34.6. The minimum Gasteiger partial charge on any atom is -0.501 e. The first-order chi connectivity index (χ1) is 72.4. The number of aryl methyl sites for hydroxylation is 2. The fraction of sp³-hybridized carbons (Fsp3) is 0.176. The number of halogens is 2. The van der Waals surface area contributed by atoms with E-state index in [1.54, 1.807) is 80.2 Å². The Morgan fingerprint density at radius 3 is 1.42 bits per heavy atom. The summed E-state index contributed by atoms with van der Waals surface area (Å²) < 4.78 is 104. The molecule has 0 unspecified atom stereocenters. The fourth-order valence-electron chi connectivity index (χ4n) is 17.8. The van der Waals surface area contributed by atoms with E-state index in [1.165, 1.54) is 55.9 Å². The molecule has 22 aromatic rings. The minimum atomic E-state index is -2.11. The first-order valence-corrected chi connectivity index (χ1v) is 59.3. The van der Waals surface area contributed by atoms with Crippen LogP contribution in [-0.2, 0) is 83.9 Å². The van der Waals surface area contributed by atoms with Crippen LogP contribution in [0.25, 0.3) is 144 Å². The summed E-state index contributed by atoms with van der Waals surface area (Å²) >= 11 is 0. The van der Waals surface area contributed by atoms with Crippen LogP contribution >= 0.6 is 0 Å². The number of fused-ring (bicyclic) bond motifs is 9. The topological polar surface area (TPSA) is 117 Å². The maximum Gasteiger partial charge on any atom is 0.125 e. The van der Waals surface area contributed by atoms with Gasteiger partial charge in [-0.2, -0.15) is 0 Å². The molecule has 0 aliphatic rings. The van der Waals surface area contributed by atoms with Crippen molar-refractivity contribution in [1.29, 1.82) is 0 Å². The molecule has 0 amide bonds. The number of nitrogens with zero attached hydrogens (tertiary/aromatic N) is 6. The van der Waals surface area contributed by atoms with Crippen LogP contribution < -0.4 is 15.6 Å². The second-order valence-electron chi connectivity index (χ2n) is 41.2. The smallest absolute Gasteiger partial charge is 0.125 e. The van der Waals surface area contributed by atoms with Crippen molar-refractivity contribution < 1.29 is 91.9 Å². The number of hydrogen-bond acceptors (Lipinski definition) is 9. The maximum atomic E-state index is 14.5. The Kier molecular flexibility index (Phi) is 32.5. The molecule has 751 valence electrons. The molecule has 9 aromatic heterocycles. The van der Waals surface area contributed by atoms with Gasteiger partial charge in [-0.1, -0.05) is 395 Å². The van der Waals surface area contributed by atoms with Gasteiger partial charge in [-0.3, -0.25) is 8.78 Å². The van der Waals surface area contributed by atoms with Crippen molar-refractivity contribution in [1.82, 2.24) is 29.9 Å². The molecule has 0 saturated carbocycles. The number of furan rings is 3. The Morgan fingerprint density at radius 2 is 0.858 bits per heavy atom. The Morgan fingerprint density at radius 1 is 0.358 bits per heavy atom. The van der Waals surface area contributed by atoms with Crippen LogP contribution in [0.5, 0.6) is 0 Å². The van der Waals surface area contributed by atoms with Gasteiger partial charge in [0.05, 0.1) is 41.0 Å². The first-order valence-electron chi connectivity index (χ1n) is 52.3. The van der Waals surface area contributed by atoms with Crippen molar-refractivity contribution in [2.24, 2.45) is 5.41 Å². The van der Waals surface area contributed by atoms with E-state index in [-0.39, 0.29) is 82.8 Å². The second-order valence-corrected chi connectivity index (χ2v) is 56.4. The van der Waals surface area contributed by atoms with Crippen molar-refractivity contribution in [3.05, 3.63) is 475 Å². The van der Waals surface area contributed by atoms with E-state index < -0.39 is 49.2 Å². The zero-order chi connectivity index (χ0) is 108. The third kappa shape index (κ3) is 25.8.